The highest BCUT2D eigenvalue weighted by atomic mass is 16.2. The van der Waals surface area contributed by atoms with Crippen molar-refractivity contribution in [1.29, 1.82) is 0 Å². The van der Waals surface area contributed by atoms with E-state index < -0.39 is 0 Å². The van der Waals surface area contributed by atoms with Crippen molar-refractivity contribution in [3.05, 3.63) is 18.6 Å². The highest BCUT2D eigenvalue weighted by molar-refractivity contribution is 5.76. The van der Waals surface area contributed by atoms with Crippen LogP contribution in [0.15, 0.2) is 18.6 Å². The van der Waals surface area contributed by atoms with Gasteiger partial charge in [-0.25, -0.2) is 4.98 Å². The van der Waals surface area contributed by atoms with Crippen molar-refractivity contribution in [2.45, 2.75) is 19.8 Å². The van der Waals surface area contributed by atoms with Crippen LogP contribution < -0.4 is 10.6 Å². The first-order valence-electron chi connectivity index (χ1n) is 7.23. The van der Waals surface area contributed by atoms with Gasteiger partial charge in [0.2, 0.25) is 5.91 Å². The minimum atomic E-state index is 0.223. The van der Waals surface area contributed by atoms with Crippen molar-refractivity contribution < 1.29 is 4.79 Å². The molecule has 1 aromatic rings. The Morgan fingerprint density at radius 1 is 1.35 bits per heavy atom. The summed E-state index contributed by atoms with van der Waals surface area (Å²) in [5.74, 6) is 1.41. The Hall–Kier alpha value is -1.69. The molecule has 20 heavy (non-hydrogen) atoms. The van der Waals surface area contributed by atoms with Crippen molar-refractivity contribution in [2.75, 3.05) is 37.6 Å². The van der Waals surface area contributed by atoms with Crippen LogP contribution in [0.3, 0.4) is 0 Å². The van der Waals surface area contributed by atoms with Crippen LogP contribution in [0.25, 0.3) is 0 Å². The summed E-state index contributed by atoms with van der Waals surface area (Å²) < 4.78 is 0. The molecule has 0 aliphatic carbocycles. The number of nitrogens with two attached hydrogens (primary N) is 1. The average molecular weight is 277 g/mol. The third-order valence-electron chi connectivity index (χ3n) is 3.88. The monoisotopic (exact) mass is 277 g/mol. The van der Waals surface area contributed by atoms with Gasteiger partial charge in [0, 0.05) is 45.0 Å². The number of hydrogen-bond acceptors (Lipinski definition) is 5. The Balaban J connectivity index is 1.83. The number of hydrogen-bond donors (Lipinski definition) is 1. The van der Waals surface area contributed by atoms with E-state index in [1.54, 1.807) is 18.6 Å². The van der Waals surface area contributed by atoms with Gasteiger partial charge in [-0.2, -0.15) is 0 Å². The first-order valence-corrected chi connectivity index (χ1v) is 7.23. The summed E-state index contributed by atoms with van der Waals surface area (Å²) in [7, 11) is 0. The molecular formula is C14H23N5O. The molecule has 6 nitrogen and oxygen atoms in total. The normalized spacial score (nSPS) is 17.1. The van der Waals surface area contributed by atoms with Crippen molar-refractivity contribution in [2.24, 2.45) is 11.7 Å². The third-order valence-corrected chi connectivity index (χ3v) is 3.88. The topological polar surface area (TPSA) is 75.4 Å². The molecule has 6 heteroatoms. The van der Waals surface area contributed by atoms with E-state index >= 15 is 0 Å². The Morgan fingerprint density at radius 3 is 2.65 bits per heavy atom. The highest BCUT2D eigenvalue weighted by Gasteiger charge is 2.23. The second-order valence-electron chi connectivity index (χ2n) is 5.15. The van der Waals surface area contributed by atoms with Crippen LogP contribution in [0.1, 0.15) is 19.8 Å². The summed E-state index contributed by atoms with van der Waals surface area (Å²) in [6, 6.07) is 0. The Kier molecular flexibility index (Phi) is 5.29. The van der Waals surface area contributed by atoms with Gasteiger partial charge < -0.3 is 15.5 Å². The smallest absolute Gasteiger partial charge is 0.223 e. The molecule has 110 valence electrons. The summed E-state index contributed by atoms with van der Waals surface area (Å²) >= 11 is 0. The minimum Gasteiger partial charge on any atom is -0.352 e. The number of aromatic nitrogens is 2. The summed E-state index contributed by atoms with van der Waals surface area (Å²) in [5.41, 5.74) is 5.67. The van der Waals surface area contributed by atoms with E-state index in [0.717, 1.165) is 38.4 Å². The van der Waals surface area contributed by atoms with E-state index in [0.29, 0.717) is 18.9 Å². The zero-order chi connectivity index (χ0) is 14.4. The maximum Gasteiger partial charge on any atom is 0.223 e. The van der Waals surface area contributed by atoms with E-state index in [1.807, 2.05) is 4.90 Å². The molecule has 0 aromatic carbocycles. The quantitative estimate of drug-likeness (QED) is 0.848. The predicted molar refractivity (Wildman–Crippen MR) is 78.3 cm³/mol. The van der Waals surface area contributed by atoms with E-state index in [4.69, 9.17) is 5.73 Å². The van der Waals surface area contributed by atoms with E-state index in [-0.39, 0.29) is 5.91 Å². The number of carbonyl (C=O) groups excluding carboxylic acids is 1. The number of nitrogens with zero attached hydrogens (tertiary/aromatic N) is 4. The van der Waals surface area contributed by atoms with Crippen LogP contribution in [0, 0.1) is 5.92 Å². The fourth-order valence-corrected chi connectivity index (χ4v) is 2.41. The fraction of sp³-hybridized carbons (Fsp3) is 0.643. The van der Waals surface area contributed by atoms with Crippen LogP contribution >= 0.6 is 0 Å². The summed E-state index contributed by atoms with van der Waals surface area (Å²) in [6.07, 6.45) is 6.65. The molecule has 1 atom stereocenters. The van der Waals surface area contributed by atoms with Gasteiger partial charge in [0.25, 0.3) is 0 Å². The lowest BCUT2D eigenvalue weighted by atomic mass is 10.0. The molecule has 2 heterocycles. The molecule has 0 radical (unpaired) electrons. The van der Waals surface area contributed by atoms with Crippen LogP contribution in [0.2, 0.25) is 0 Å². The van der Waals surface area contributed by atoms with E-state index in [1.165, 1.54) is 0 Å². The molecule has 1 saturated heterocycles. The number of amides is 1. The Morgan fingerprint density at radius 2 is 2.10 bits per heavy atom. The van der Waals surface area contributed by atoms with Crippen LogP contribution in [0.4, 0.5) is 5.82 Å². The molecule has 1 aliphatic rings. The number of piperazine rings is 1. The third kappa shape index (κ3) is 3.66. The maximum atomic E-state index is 12.2. The molecule has 1 fully saturated rings. The van der Waals surface area contributed by atoms with Crippen molar-refractivity contribution in [1.82, 2.24) is 14.9 Å². The molecule has 0 spiro atoms. The molecule has 0 saturated carbocycles. The van der Waals surface area contributed by atoms with Crippen molar-refractivity contribution in [3.8, 4) is 0 Å². The zero-order valence-electron chi connectivity index (χ0n) is 12.0. The summed E-state index contributed by atoms with van der Waals surface area (Å²) in [5, 5.41) is 0. The summed E-state index contributed by atoms with van der Waals surface area (Å²) in [6.45, 7) is 5.78. The van der Waals surface area contributed by atoms with Gasteiger partial charge in [0.05, 0.1) is 6.20 Å². The molecular weight excluding hydrogens is 254 g/mol. The molecule has 2 N–H and O–H groups in total. The SMILES string of the molecule is CCC(CN)CC(=O)N1CCN(c2cnccn2)CC1. The van der Waals surface area contributed by atoms with Crippen LogP contribution in [-0.2, 0) is 4.79 Å². The van der Waals surface area contributed by atoms with E-state index in [9.17, 15) is 4.79 Å². The predicted octanol–water partition coefficient (Wildman–Crippen LogP) is 0.500. The van der Waals surface area contributed by atoms with Gasteiger partial charge in [-0.15, -0.1) is 0 Å². The van der Waals surface area contributed by atoms with Gasteiger partial charge in [-0.3, -0.25) is 9.78 Å². The number of rotatable bonds is 5. The molecule has 1 aliphatic heterocycles. The largest absolute Gasteiger partial charge is 0.352 e. The lowest BCUT2D eigenvalue weighted by molar-refractivity contribution is -0.132. The average Bonchev–Trinajstić information content (AvgIpc) is 2.53. The first kappa shape index (κ1) is 14.7. The second-order valence-corrected chi connectivity index (χ2v) is 5.15. The van der Waals surface area contributed by atoms with Crippen molar-refractivity contribution >= 4 is 11.7 Å². The maximum absolute atomic E-state index is 12.2. The Bertz CT molecular complexity index is 413. The van der Waals surface area contributed by atoms with E-state index in [2.05, 4.69) is 21.8 Å². The lowest BCUT2D eigenvalue weighted by Crippen LogP contribution is -2.49. The van der Waals surface area contributed by atoms with Gasteiger partial charge >= 0.3 is 0 Å². The standard InChI is InChI=1S/C14H23N5O/c1-2-12(10-15)9-14(20)19-7-5-18(6-8-19)13-11-16-3-4-17-13/h3-4,11-12H,2,5-10,15H2,1H3. The van der Waals surface area contributed by atoms with Crippen LogP contribution in [-0.4, -0.2) is 53.5 Å². The molecule has 0 bridgehead atoms. The molecule has 2 rings (SSSR count). The fourth-order valence-electron chi connectivity index (χ4n) is 2.41. The summed E-state index contributed by atoms with van der Waals surface area (Å²) in [4.78, 5) is 24.7. The lowest BCUT2D eigenvalue weighted by Gasteiger charge is -2.35. The number of carbonyl (C=O) groups is 1. The molecule has 1 amide bonds. The zero-order valence-corrected chi connectivity index (χ0v) is 12.0. The first-order chi connectivity index (χ1) is 9.74. The number of anilines is 1. The Labute approximate surface area is 120 Å². The van der Waals surface area contributed by atoms with Gasteiger partial charge in [-0.1, -0.05) is 13.3 Å². The van der Waals surface area contributed by atoms with Gasteiger partial charge in [0.1, 0.15) is 5.82 Å². The highest BCUT2D eigenvalue weighted by Crippen LogP contribution is 2.14. The van der Waals surface area contributed by atoms with Gasteiger partial charge in [0.15, 0.2) is 0 Å². The molecule has 1 aromatic heterocycles. The van der Waals surface area contributed by atoms with Crippen LogP contribution in [0.5, 0.6) is 0 Å². The van der Waals surface area contributed by atoms with Gasteiger partial charge in [-0.05, 0) is 12.5 Å². The second kappa shape index (κ2) is 7.19. The molecule has 1 unspecified atom stereocenters. The van der Waals surface area contributed by atoms with Crippen molar-refractivity contribution in [3.63, 3.8) is 0 Å². The minimum absolute atomic E-state index is 0.223.